The summed E-state index contributed by atoms with van der Waals surface area (Å²) in [5.74, 6) is 11.8. The van der Waals surface area contributed by atoms with E-state index in [4.69, 9.17) is 9.47 Å². The second kappa shape index (κ2) is 13.2. The van der Waals surface area contributed by atoms with Crippen LogP contribution in [0.1, 0.15) is 67.3 Å². The van der Waals surface area contributed by atoms with Gasteiger partial charge in [-0.3, -0.25) is 0 Å². The maximum absolute atomic E-state index is 14.2. The maximum Gasteiger partial charge on any atom is 0.166 e. The van der Waals surface area contributed by atoms with E-state index in [0.29, 0.717) is 24.3 Å². The third-order valence-corrected chi connectivity index (χ3v) is 5.29. The molecule has 0 unspecified atom stereocenters. The summed E-state index contributed by atoms with van der Waals surface area (Å²) in [4.78, 5) is 0. The number of hydrogen-bond donors (Lipinski definition) is 0. The Labute approximate surface area is 207 Å². The lowest BCUT2D eigenvalue weighted by Crippen LogP contribution is -1.98. The van der Waals surface area contributed by atoms with E-state index in [2.05, 4.69) is 37.5 Å². The Hall–Kier alpha value is -3.76. The lowest BCUT2D eigenvalue weighted by molar-refractivity contribution is 0.294. The monoisotopic (exact) mass is 472 g/mol. The first-order valence-corrected chi connectivity index (χ1v) is 12.0. The van der Waals surface area contributed by atoms with Crippen molar-refractivity contribution in [2.75, 3.05) is 13.2 Å². The molecule has 3 aromatic carbocycles. The lowest BCUT2D eigenvalue weighted by Gasteiger charge is -2.06. The van der Waals surface area contributed by atoms with Gasteiger partial charge in [-0.1, -0.05) is 50.4 Å². The van der Waals surface area contributed by atoms with Crippen LogP contribution in [0.5, 0.6) is 11.5 Å². The number of unbranched alkanes of at least 4 members (excludes halogenated alkanes) is 2. The van der Waals surface area contributed by atoms with Gasteiger partial charge >= 0.3 is 0 Å². The molecule has 0 aliphatic heterocycles. The van der Waals surface area contributed by atoms with Gasteiger partial charge in [-0.2, -0.15) is 0 Å². The third-order valence-electron chi connectivity index (χ3n) is 5.29. The smallest absolute Gasteiger partial charge is 0.166 e. The summed E-state index contributed by atoms with van der Waals surface area (Å²) < 4.78 is 39.4. The van der Waals surface area contributed by atoms with Crippen LogP contribution in [0.4, 0.5) is 8.78 Å². The number of aryl methyl sites for hydroxylation is 1. The van der Waals surface area contributed by atoms with Crippen LogP contribution in [0.2, 0.25) is 0 Å². The fourth-order valence-corrected chi connectivity index (χ4v) is 3.21. The molecule has 0 aliphatic carbocycles. The van der Waals surface area contributed by atoms with Crippen LogP contribution in [-0.4, -0.2) is 13.2 Å². The first-order valence-electron chi connectivity index (χ1n) is 12.0. The number of ether oxygens (including phenoxy) is 2. The maximum atomic E-state index is 14.2. The molecule has 180 valence electrons. The van der Waals surface area contributed by atoms with Gasteiger partial charge in [0.1, 0.15) is 0 Å². The van der Waals surface area contributed by atoms with E-state index in [9.17, 15) is 8.78 Å². The Bertz CT molecular complexity index is 1270. The molecule has 0 aromatic heterocycles. The summed E-state index contributed by atoms with van der Waals surface area (Å²) in [6.07, 6.45) is 3.76. The number of rotatable bonds is 8. The zero-order valence-electron chi connectivity index (χ0n) is 20.5. The minimum absolute atomic E-state index is 0.251. The van der Waals surface area contributed by atoms with Gasteiger partial charge in [0.15, 0.2) is 23.1 Å². The van der Waals surface area contributed by atoms with E-state index in [1.54, 1.807) is 24.3 Å². The van der Waals surface area contributed by atoms with E-state index in [0.717, 1.165) is 42.4 Å². The van der Waals surface area contributed by atoms with Gasteiger partial charge in [-0.25, -0.2) is 8.78 Å². The Morgan fingerprint density at radius 1 is 0.629 bits per heavy atom. The van der Waals surface area contributed by atoms with Gasteiger partial charge in [0, 0.05) is 22.3 Å². The Morgan fingerprint density at radius 2 is 1.09 bits per heavy atom. The number of hydrogen-bond acceptors (Lipinski definition) is 2. The fraction of sp³-hybridized carbons (Fsp3) is 0.290. The molecule has 3 rings (SSSR count). The topological polar surface area (TPSA) is 18.5 Å². The highest BCUT2D eigenvalue weighted by molar-refractivity contribution is 5.52. The molecule has 4 heteroatoms. The van der Waals surface area contributed by atoms with Gasteiger partial charge in [-0.15, -0.1) is 0 Å². The average molecular weight is 473 g/mol. The summed E-state index contributed by atoms with van der Waals surface area (Å²) in [6.45, 7) is 7.07. The van der Waals surface area contributed by atoms with Gasteiger partial charge in [0.05, 0.1) is 13.2 Å². The zero-order chi connectivity index (χ0) is 25.0. The van der Waals surface area contributed by atoms with Crippen molar-refractivity contribution in [1.82, 2.24) is 0 Å². The van der Waals surface area contributed by atoms with Crippen molar-refractivity contribution < 1.29 is 18.3 Å². The van der Waals surface area contributed by atoms with Crippen LogP contribution < -0.4 is 9.47 Å². The standard InChI is InChI=1S/C31H30F2O2/c1-4-6-18-34-30-16-12-25(21-28(30)32)9-8-24-10-14-27(23(3)20-24)15-11-26-13-17-31(29(33)22-26)35-19-7-5-2/h10,12-14,16-17,20-22H,4-7,18-19H2,1-3H3. The van der Waals surface area contributed by atoms with Crippen molar-refractivity contribution in [2.45, 2.75) is 46.5 Å². The van der Waals surface area contributed by atoms with Crippen LogP contribution in [0.25, 0.3) is 0 Å². The Kier molecular flexibility index (Phi) is 9.76. The van der Waals surface area contributed by atoms with Gasteiger partial charge < -0.3 is 9.47 Å². The Morgan fingerprint density at radius 3 is 1.54 bits per heavy atom. The molecule has 0 N–H and O–H groups in total. The molecule has 0 saturated heterocycles. The molecule has 35 heavy (non-hydrogen) atoms. The van der Waals surface area contributed by atoms with Crippen molar-refractivity contribution in [3.05, 3.63) is 94.0 Å². The summed E-state index contributed by atoms with van der Waals surface area (Å²) in [5, 5.41) is 0. The van der Waals surface area contributed by atoms with Crippen molar-refractivity contribution in [3.63, 3.8) is 0 Å². The molecule has 2 nitrogen and oxygen atoms in total. The number of halogens is 2. The van der Waals surface area contributed by atoms with Gasteiger partial charge in [0.25, 0.3) is 0 Å². The average Bonchev–Trinajstić information content (AvgIpc) is 2.85. The van der Waals surface area contributed by atoms with Gasteiger partial charge in [0.2, 0.25) is 0 Å². The van der Waals surface area contributed by atoms with Crippen LogP contribution in [-0.2, 0) is 0 Å². The van der Waals surface area contributed by atoms with Crippen LogP contribution in [0.3, 0.4) is 0 Å². The molecule has 0 heterocycles. The van der Waals surface area contributed by atoms with Gasteiger partial charge in [-0.05, 0) is 79.9 Å². The molecule has 0 bridgehead atoms. The highest BCUT2D eigenvalue weighted by atomic mass is 19.1. The molecule has 0 aliphatic rings. The summed E-state index contributed by atoms with van der Waals surface area (Å²) in [5.41, 5.74) is 3.75. The quantitative estimate of drug-likeness (QED) is 0.251. The summed E-state index contributed by atoms with van der Waals surface area (Å²) >= 11 is 0. The predicted molar refractivity (Wildman–Crippen MR) is 137 cm³/mol. The Balaban J connectivity index is 1.68. The first-order chi connectivity index (χ1) is 17.0. The largest absolute Gasteiger partial charge is 0.491 e. The summed E-state index contributed by atoms with van der Waals surface area (Å²) in [7, 11) is 0. The molecule has 3 aromatic rings. The molecule has 0 atom stereocenters. The minimum atomic E-state index is -0.410. The van der Waals surface area contributed by atoms with Crippen LogP contribution >= 0.6 is 0 Å². The normalized spacial score (nSPS) is 10.1. The molecular formula is C31H30F2O2. The molecule has 0 amide bonds. The van der Waals surface area contributed by atoms with Crippen molar-refractivity contribution >= 4 is 0 Å². The fourth-order valence-electron chi connectivity index (χ4n) is 3.21. The van der Waals surface area contributed by atoms with E-state index < -0.39 is 11.6 Å². The second-order valence-corrected chi connectivity index (χ2v) is 8.22. The van der Waals surface area contributed by atoms with E-state index in [-0.39, 0.29) is 11.5 Å². The molecule has 0 radical (unpaired) electrons. The molecule has 0 saturated carbocycles. The second-order valence-electron chi connectivity index (χ2n) is 8.22. The van der Waals surface area contributed by atoms with Crippen molar-refractivity contribution in [1.29, 1.82) is 0 Å². The first kappa shape index (κ1) is 25.9. The van der Waals surface area contributed by atoms with Crippen molar-refractivity contribution in [3.8, 4) is 35.2 Å². The van der Waals surface area contributed by atoms with E-state index in [1.165, 1.54) is 12.1 Å². The van der Waals surface area contributed by atoms with E-state index >= 15 is 0 Å². The van der Waals surface area contributed by atoms with Crippen LogP contribution in [0.15, 0.2) is 54.6 Å². The van der Waals surface area contributed by atoms with Crippen molar-refractivity contribution in [2.24, 2.45) is 0 Å². The highest BCUT2D eigenvalue weighted by Crippen LogP contribution is 2.20. The van der Waals surface area contributed by atoms with Crippen LogP contribution in [0, 0.1) is 42.2 Å². The highest BCUT2D eigenvalue weighted by Gasteiger charge is 2.05. The molecule has 0 spiro atoms. The van der Waals surface area contributed by atoms with E-state index in [1.807, 2.05) is 25.1 Å². The third kappa shape index (κ3) is 7.90. The molecule has 0 fully saturated rings. The predicted octanol–water partition coefficient (Wildman–Crippen LogP) is 7.43. The SMILES string of the molecule is CCCCOc1ccc(C#Cc2ccc(C#Cc3ccc(OCCCC)c(F)c3)c(C)c2)cc1F. The molecular weight excluding hydrogens is 442 g/mol. The number of benzene rings is 3. The zero-order valence-corrected chi connectivity index (χ0v) is 20.5. The lowest BCUT2D eigenvalue weighted by atomic mass is 10.0. The summed E-state index contributed by atoms with van der Waals surface area (Å²) in [6, 6.07) is 15.2. The minimum Gasteiger partial charge on any atom is -0.491 e.